The Balaban J connectivity index is 1.98. The number of hydrogen-bond acceptors (Lipinski definition) is 3. The van der Waals surface area contributed by atoms with Crippen LogP contribution in [0, 0.1) is 17.2 Å². The Morgan fingerprint density at radius 3 is 2.48 bits per heavy atom. The zero-order valence-electron chi connectivity index (χ0n) is 14.2. The van der Waals surface area contributed by atoms with E-state index in [1.807, 2.05) is 37.4 Å². The number of nitrogens with zero attached hydrogens (tertiary/aromatic N) is 3. The summed E-state index contributed by atoms with van der Waals surface area (Å²) in [6.07, 6.45) is 5.20. The summed E-state index contributed by atoms with van der Waals surface area (Å²) in [4.78, 5) is 16.7. The van der Waals surface area contributed by atoms with E-state index in [1.54, 1.807) is 4.90 Å². The fourth-order valence-corrected chi connectivity index (χ4v) is 3.28. The van der Waals surface area contributed by atoms with E-state index in [0.29, 0.717) is 25.6 Å². The minimum Gasteiger partial charge on any atom is -0.310 e. The number of hydrogen-bond donors (Lipinski definition) is 0. The molecule has 0 aromatic heterocycles. The number of amides is 1. The van der Waals surface area contributed by atoms with E-state index < -0.39 is 0 Å². The maximum absolute atomic E-state index is 12.7. The van der Waals surface area contributed by atoms with Gasteiger partial charge in [0.1, 0.15) is 0 Å². The Morgan fingerprint density at radius 1 is 1.22 bits per heavy atom. The highest BCUT2D eigenvalue weighted by Gasteiger charge is 2.25. The first-order valence-corrected chi connectivity index (χ1v) is 8.54. The van der Waals surface area contributed by atoms with E-state index in [4.69, 9.17) is 5.26 Å². The van der Waals surface area contributed by atoms with E-state index >= 15 is 0 Å². The molecule has 0 spiro atoms. The first-order valence-electron chi connectivity index (χ1n) is 8.54. The molecule has 1 saturated carbocycles. The summed E-state index contributed by atoms with van der Waals surface area (Å²) in [7, 11) is 2.05. The van der Waals surface area contributed by atoms with Crippen molar-refractivity contribution in [1.82, 2.24) is 4.90 Å². The second-order valence-corrected chi connectivity index (χ2v) is 6.62. The molecule has 1 aromatic carbocycles. The predicted octanol–water partition coefficient (Wildman–Crippen LogP) is 3.44. The average molecular weight is 313 g/mol. The second kappa shape index (κ2) is 8.69. The van der Waals surface area contributed by atoms with Gasteiger partial charge in [-0.15, -0.1) is 0 Å². The second-order valence-electron chi connectivity index (χ2n) is 6.62. The Hall–Kier alpha value is -1.86. The maximum atomic E-state index is 12.7. The molecule has 0 aliphatic heterocycles. The summed E-state index contributed by atoms with van der Waals surface area (Å²) in [5.74, 6) is 0.888. The number of nitriles is 1. The molecule has 1 aromatic rings. The van der Waals surface area contributed by atoms with Gasteiger partial charge in [-0.1, -0.05) is 25.1 Å². The van der Waals surface area contributed by atoms with Gasteiger partial charge in [-0.05, 0) is 50.8 Å². The van der Waals surface area contributed by atoms with E-state index in [1.165, 1.54) is 25.7 Å². The van der Waals surface area contributed by atoms with Gasteiger partial charge in [0.2, 0.25) is 5.91 Å². The lowest BCUT2D eigenvalue weighted by Crippen LogP contribution is -2.44. The van der Waals surface area contributed by atoms with Gasteiger partial charge >= 0.3 is 0 Å². The molecule has 124 valence electrons. The third kappa shape index (κ3) is 5.07. The molecule has 0 heterocycles. The first-order chi connectivity index (χ1) is 11.1. The largest absolute Gasteiger partial charge is 0.310 e. The Kier molecular flexibility index (Phi) is 6.61. The fraction of sp³-hybridized carbons (Fsp3) is 0.579. The normalized spacial score (nSPS) is 21.0. The average Bonchev–Trinajstić information content (AvgIpc) is 2.56. The zero-order chi connectivity index (χ0) is 16.7. The van der Waals surface area contributed by atoms with Crippen molar-refractivity contribution in [3.63, 3.8) is 0 Å². The van der Waals surface area contributed by atoms with Crippen LogP contribution in [0.15, 0.2) is 30.3 Å². The molecule has 1 amide bonds. The molecule has 1 fully saturated rings. The molecule has 0 radical (unpaired) electrons. The number of benzene rings is 1. The zero-order valence-corrected chi connectivity index (χ0v) is 14.2. The molecule has 23 heavy (non-hydrogen) atoms. The minimum absolute atomic E-state index is 0.0765. The van der Waals surface area contributed by atoms with Crippen LogP contribution in [0.5, 0.6) is 0 Å². The van der Waals surface area contributed by atoms with Crippen LogP contribution in [0.3, 0.4) is 0 Å². The lowest BCUT2D eigenvalue weighted by molar-refractivity contribution is -0.120. The lowest BCUT2D eigenvalue weighted by atomic mass is 9.87. The van der Waals surface area contributed by atoms with Gasteiger partial charge in [-0.3, -0.25) is 9.69 Å². The van der Waals surface area contributed by atoms with Crippen LogP contribution in [0.25, 0.3) is 0 Å². The molecule has 0 unspecified atom stereocenters. The van der Waals surface area contributed by atoms with Gasteiger partial charge in [0.15, 0.2) is 0 Å². The molecular formula is C19H27N3O. The van der Waals surface area contributed by atoms with Crippen molar-refractivity contribution in [2.45, 2.75) is 45.1 Å². The van der Waals surface area contributed by atoms with Crippen LogP contribution in [-0.2, 0) is 4.79 Å². The van der Waals surface area contributed by atoms with Gasteiger partial charge in [-0.25, -0.2) is 0 Å². The standard InChI is InChI=1S/C19H27N3O/c1-16-9-11-17(12-10-16)21(2)15-19(23)22(14-6-13-20)18-7-4-3-5-8-18/h3-5,7-8,16-17H,6,9-12,14-15H2,1-2H3. The van der Waals surface area contributed by atoms with E-state index in [0.717, 1.165) is 11.6 Å². The van der Waals surface area contributed by atoms with Crippen LogP contribution in [0.2, 0.25) is 0 Å². The number of carbonyl (C=O) groups excluding carboxylic acids is 1. The van der Waals surface area contributed by atoms with Crippen LogP contribution in [0.4, 0.5) is 5.69 Å². The van der Waals surface area contributed by atoms with Crippen molar-refractivity contribution < 1.29 is 4.79 Å². The molecule has 0 saturated heterocycles. The molecule has 1 aliphatic carbocycles. The van der Waals surface area contributed by atoms with Crippen LogP contribution in [0.1, 0.15) is 39.0 Å². The lowest BCUT2D eigenvalue weighted by Gasteiger charge is -2.34. The monoisotopic (exact) mass is 313 g/mol. The van der Waals surface area contributed by atoms with Gasteiger partial charge < -0.3 is 4.90 Å². The van der Waals surface area contributed by atoms with E-state index in [2.05, 4.69) is 17.9 Å². The molecule has 0 N–H and O–H groups in total. The first kappa shape index (κ1) is 17.5. The topological polar surface area (TPSA) is 47.3 Å². The van der Waals surface area contributed by atoms with Crippen LogP contribution < -0.4 is 4.90 Å². The Morgan fingerprint density at radius 2 is 1.87 bits per heavy atom. The third-order valence-electron chi connectivity index (χ3n) is 4.81. The summed E-state index contributed by atoms with van der Waals surface area (Å²) in [5, 5.41) is 8.86. The molecule has 4 heteroatoms. The smallest absolute Gasteiger partial charge is 0.241 e. The number of rotatable bonds is 6. The third-order valence-corrected chi connectivity index (χ3v) is 4.81. The molecule has 2 rings (SSSR count). The fourth-order valence-electron chi connectivity index (χ4n) is 3.28. The number of carbonyl (C=O) groups is 1. The highest BCUT2D eigenvalue weighted by Crippen LogP contribution is 2.26. The van der Waals surface area contributed by atoms with Crippen LogP contribution >= 0.6 is 0 Å². The molecule has 1 aliphatic rings. The number of likely N-dealkylation sites (N-methyl/N-ethyl adjacent to an activating group) is 1. The molecular weight excluding hydrogens is 286 g/mol. The highest BCUT2D eigenvalue weighted by atomic mass is 16.2. The molecule has 4 nitrogen and oxygen atoms in total. The van der Waals surface area contributed by atoms with Crippen molar-refractivity contribution in [2.24, 2.45) is 5.92 Å². The summed E-state index contributed by atoms with van der Waals surface area (Å²) in [6, 6.07) is 12.3. The SMILES string of the molecule is CC1CCC(N(C)CC(=O)N(CCC#N)c2ccccc2)CC1. The van der Waals surface area contributed by atoms with E-state index in [9.17, 15) is 4.79 Å². The summed E-state index contributed by atoms with van der Waals surface area (Å²) >= 11 is 0. The Labute approximate surface area is 139 Å². The Bertz CT molecular complexity index is 529. The molecule has 0 atom stereocenters. The van der Waals surface area contributed by atoms with Crippen molar-refractivity contribution in [3.05, 3.63) is 30.3 Å². The van der Waals surface area contributed by atoms with Gasteiger partial charge in [0, 0.05) is 18.3 Å². The predicted molar refractivity (Wildman–Crippen MR) is 93.1 cm³/mol. The highest BCUT2D eigenvalue weighted by molar-refractivity contribution is 5.94. The van der Waals surface area contributed by atoms with E-state index in [-0.39, 0.29) is 5.91 Å². The summed E-state index contributed by atoms with van der Waals surface area (Å²) < 4.78 is 0. The van der Waals surface area contributed by atoms with Gasteiger partial charge in [0.25, 0.3) is 0 Å². The van der Waals surface area contributed by atoms with Crippen LogP contribution in [-0.4, -0.2) is 37.0 Å². The quantitative estimate of drug-likeness (QED) is 0.808. The minimum atomic E-state index is 0.0765. The van der Waals surface area contributed by atoms with Crippen molar-refractivity contribution in [1.29, 1.82) is 5.26 Å². The number of para-hydroxylation sites is 1. The van der Waals surface area contributed by atoms with Gasteiger partial charge in [-0.2, -0.15) is 5.26 Å². The summed E-state index contributed by atoms with van der Waals surface area (Å²) in [5.41, 5.74) is 0.874. The van der Waals surface area contributed by atoms with Crippen molar-refractivity contribution in [2.75, 3.05) is 25.0 Å². The summed E-state index contributed by atoms with van der Waals surface area (Å²) in [6.45, 7) is 3.18. The van der Waals surface area contributed by atoms with Crippen molar-refractivity contribution >= 4 is 11.6 Å². The van der Waals surface area contributed by atoms with Crippen molar-refractivity contribution in [3.8, 4) is 6.07 Å². The molecule has 0 bridgehead atoms. The van der Waals surface area contributed by atoms with Gasteiger partial charge in [0.05, 0.1) is 19.0 Å². The number of anilines is 1. The maximum Gasteiger partial charge on any atom is 0.241 e.